The number of ether oxygens (including phenoxy) is 1. The van der Waals surface area contributed by atoms with Crippen LogP contribution in [0, 0.1) is 0 Å². The summed E-state index contributed by atoms with van der Waals surface area (Å²) < 4.78 is 4.83. The molecule has 3 unspecified atom stereocenters. The van der Waals surface area contributed by atoms with Gasteiger partial charge in [0.15, 0.2) is 0 Å². The highest BCUT2D eigenvalue weighted by Gasteiger charge is 2.29. The van der Waals surface area contributed by atoms with E-state index in [1.807, 2.05) is 6.26 Å². The number of hydrogen-bond acceptors (Lipinski definition) is 4. The fraction of sp³-hybridized carbons (Fsp3) is 0.833. The molecular formula is C12H22N2O4S. The minimum atomic E-state index is -1.04. The highest BCUT2D eigenvalue weighted by Crippen LogP contribution is 2.28. The van der Waals surface area contributed by atoms with Crippen LogP contribution in [0.1, 0.15) is 25.7 Å². The van der Waals surface area contributed by atoms with Gasteiger partial charge in [0.2, 0.25) is 0 Å². The van der Waals surface area contributed by atoms with Gasteiger partial charge >= 0.3 is 12.0 Å². The summed E-state index contributed by atoms with van der Waals surface area (Å²) in [5.74, 6) is -1.04. The summed E-state index contributed by atoms with van der Waals surface area (Å²) in [5.41, 5.74) is 0. The van der Waals surface area contributed by atoms with Crippen molar-refractivity contribution in [2.24, 2.45) is 0 Å². The maximum atomic E-state index is 11.8. The van der Waals surface area contributed by atoms with Crippen LogP contribution in [0.2, 0.25) is 0 Å². The summed E-state index contributed by atoms with van der Waals surface area (Å²) in [4.78, 5) is 22.8. The Balaban J connectivity index is 2.41. The summed E-state index contributed by atoms with van der Waals surface area (Å²) >= 11 is 1.74. The molecule has 1 aliphatic rings. The topological polar surface area (TPSA) is 87.7 Å². The molecule has 0 saturated heterocycles. The molecule has 0 aliphatic heterocycles. The number of carboxylic acid groups (broad SMARTS) is 1. The molecular weight excluding hydrogens is 268 g/mol. The standard InChI is InChI=1S/C12H22N2O4S/c1-18-7-6-9(11(15)16)14-12(17)13-8-4-3-5-10(8)19-2/h8-10H,3-7H2,1-2H3,(H,15,16)(H2,13,14,17). The van der Waals surface area contributed by atoms with E-state index >= 15 is 0 Å². The van der Waals surface area contributed by atoms with E-state index in [4.69, 9.17) is 9.84 Å². The Bertz CT molecular complexity index is 314. The maximum absolute atomic E-state index is 11.8. The second-order valence-electron chi connectivity index (χ2n) is 4.60. The number of carboxylic acids is 1. The average molecular weight is 290 g/mol. The van der Waals surface area contributed by atoms with Crippen LogP contribution in [0.4, 0.5) is 4.79 Å². The van der Waals surface area contributed by atoms with Gasteiger partial charge in [0.25, 0.3) is 0 Å². The Morgan fingerprint density at radius 3 is 2.79 bits per heavy atom. The van der Waals surface area contributed by atoms with Crippen molar-refractivity contribution in [3.05, 3.63) is 0 Å². The third kappa shape index (κ3) is 5.28. The molecule has 0 radical (unpaired) electrons. The van der Waals surface area contributed by atoms with Gasteiger partial charge in [-0.3, -0.25) is 0 Å². The summed E-state index contributed by atoms with van der Waals surface area (Å²) in [6.45, 7) is 0.300. The number of amides is 2. The number of thioether (sulfide) groups is 1. The molecule has 1 aliphatic carbocycles. The number of hydrogen-bond donors (Lipinski definition) is 3. The third-order valence-electron chi connectivity index (χ3n) is 3.29. The summed E-state index contributed by atoms with van der Waals surface area (Å²) in [6, 6.07) is -1.18. The van der Waals surface area contributed by atoms with E-state index in [9.17, 15) is 9.59 Å². The largest absolute Gasteiger partial charge is 0.480 e. The van der Waals surface area contributed by atoms with E-state index in [1.54, 1.807) is 11.8 Å². The lowest BCUT2D eigenvalue weighted by Crippen LogP contribution is -2.50. The lowest BCUT2D eigenvalue weighted by molar-refractivity contribution is -0.139. The molecule has 0 aromatic rings. The van der Waals surface area contributed by atoms with Crippen LogP contribution in [-0.2, 0) is 9.53 Å². The zero-order valence-electron chi connectivity index (χ0n) is 11.3. The van der Waals surface area contributed by atoms with Gasteiger partial charge in [-0.25, -0.2) is 9.59 Å². The Labute approximate surface area is 117 Å². The first-order valence-electron chi connectivity index (χ1n) is 6.40. The van der Waals surface area contributed by atoms with E-state index < -0.39 is 18.0 Å². The van der Waals surface area contributed by atoms with Gasteiger partial charge in [-0.15, -0.1) is 0 Å². The fourth-order valence-electron chi connectivity index (χ4n) is 2.23. The fourth-order valence-corrected chi connectivity index (χ4v) is 3.17. The first kappa shape index (κ1) is 16.1. The molecule has 1 saturated carbocycles. The van der Waals surface area contributed by atoms with Crippen molar-refractivity contribution < 1.29 is 19.4 Å². The molecule has 0 bridgehead atoms. The number of nitrogens with one attached hydrogen (secondary N) is 2. The van der Waals surface area contributed by atoms with Crippen LogP contribution in [0.15, 0.2) is 0 Å². The monoisotopic (exact) mass is 290 g/mol. The summed E-state index contributed by atoms with van der Waals surface area (Å²) in [7, 11) is 1.50. The normalized spacial score (nSPS) is 23.9. The van der Waals surface area contributed by atoms with Crippen LogP contribution >= 0.6 is 11.8 Å². The van der Waals surface area contributed by atoms with E-state index in [0.717, 1.165) is 19.3 Å². The lowest BCUT2D eigenvalue weighted by atomic mass is 10.2. The SMILES string of the molecule is COCCC(NC(=O)NC1CCCC1SC)C(=O)O. The van der Waals surface area contributed by atoms with Gasteiger partial charge in [-0.1, -0.05) is 6.42 Å². The van der Waals surface area contributed by atoms with E-state index in [-0.39, 0.29) is 12.5 Å². The minimum absolute atomic E-state index is 0.131. The van der Waals surface area contributed by atoms with Gasteiger partial charge in [0.1, 0.15) is 6.04 Å². The van der Waals surface area contributed by atoms with Crippen molar-refractivity contribution in [2.45, 2.75) is 43.0 Å². The highest BCUT2D eigenvalue weighted by atomic mass is 32.2. The molecule has 1 fully saturated rings. The zero-order valence-corrected chi connectivity index (χ0v) is 12.2. The predicted octanol–water partition coefficient (Wildman–Crippen LogP) is 1.06. The van der Waals surface area contributed by atoms with Crippen LogP contribution in [0.5, 0.6) is 0 Å². The van der Waals surface area contributed by atoms with Crippen LogP contribution in [0.25, 0.3) is 0 Å². The van der Waals surface area contributed by atoms with Gasteiger partial charge in [0, 0.05) is 31.4 Å². The first-order chi connectivity index (χ1) is 9.08. The van der Waals surface area contributed by atoms with Gasteiger partial charge < -0.3 is 20.5 Å². The van der Waals surface area contributed by atoms with Crippen molar-refractivity contribution in [3.63, 3.8) is 0 Å². The molecule has 3 N–H and O–H groups in total. The number of urea groups is 1. The molecule has 0 heterocycles. The number of aliphatic carboxylic acids is 1. The molecule has 0 aromatic carbocycles. The maximum Gasteiger partial charge on any atom is 0.326 e. The molecule has 3 atom stereocenters. The van der Waals surface area contributed by atoms with Crippen LogP contribution < -0.4 is 10.6 Å². The molecule has 7 heteroatoms. The van der Waals surface area contributed by atoms with Crippen molar-refractivity contribution in [1.29, 1.82) is 0 Å². The summed E-state index contributed by atoms with van der Waals surface area (Å²) in [6.07, 6.45) is 5.44. The van der Waals surface area contributed by atoms with Crippen molar-refractivity contribution >= 4 is 23.8 Å². The first-order valence-corrected chi connectivity index (χ1v) is 7.68. The molecule has 6 nitrogen and oxygen atoms in total. The van der Waals surface area contributed by atoms with Gasteiger partial charge in [0.05, 0.1) is 0 Å². The molecule has 19 heavy (non-hydrogen) atoms. The molecule has 2 amide bonds. The third-order valence-corrected chi connectivity index (χ3v) is 4.46. The Morgan fingerprint density at radius 1 is 1.47 bits per heavy atom. The van der Waals surface area contributed by atoms with Gasteiger partial charge in [-0.2, -0.15) is 11.8 Å². The smallest absolute Gasteiger partial charge is 0.326 e. The van der Waals surface area contributed by atoms with E-state index in [0.29, 0.717) is 11.9 Å². The second kappa shape index (κ2) is 8.27. The predicted molar refractivity (Wildman–Crippen MR) is 74.5 cm³/mol. The zero-order chi connectivity index (χ0) is 14.3. The molecule has 0 spiro atoms. The number of methoxy groups -OCH3 is 1. The Hall–Kier alpha value is -0.950. The number of carbonyl (C=O) groups is 2. The number of carbonyl (C=O) groups excluding carboxylic acids is 1. The van der Waals surface area contributed by atoms with Crippen molar-refractivity contribution in [2.75, 3.05) is 20.0 Å². The lowest BCUT2D eigenvalue weighted by Gasteiger charge is -2.21. The Kier molecular flexibility index (Phi) is 7.01. The van der Waals surface area contributed by atoms with Gasteiger partial charge in [-0.05, 0) is 19.1 Å². The second-order valence-corrected chi connectivity index (χ2v) is 5.68. The summed E-state index contributed by atoms with van der Waals surface area (Å²) in [5, 5.41) is 14.8. The Morgan fingerprint density at radius 2 is 2.21 bits per heavy atom. The van der Waals surface area contributed by atoms with Crippen LogP contribution in [0.3, 0.4) is 0 Å². The van der Waals surface area contributed by atoms with Crippen LogP contribution in [-0.4, -0.2) is 54.4 Å². The number of rotatable bonds is 7. The molecule has 1 rings (SSSR count). The molecule has 110 valence electrons. The quantitative estimate of drug-likeness (QED) is 0.652. The van der Waals surface area contributed by atoms with Crippen molar-refractivity contribution in [1.82, 2.24) is 10.6 Å². The van der Waals surface area contributed by atoms with E-state index in [1.165, 1.54) is 7.11 Å². The van der Waals surface area contributed by atoms with Crippen molar-refractivity contribution in [3.8, 4) is 0 Å². The average Bonchev–Trinajstić information content (AvgIpc) is 2.81. The molecule has 0 aromatic heterocycles. The highest BCUT2D eigenvalue weighted by molar-refractivity contribution is 7.99. The van der Waals surface area contributed by atoms with E-state index in [2.05, 4.69) is 10.6 Å². The minimum Gasteiger partial charge on any atom is -0.480 e.